The summed E-state index contributed by atoms with van der Waals surface area (Å²) < 4.78 is 1.92. The molecule has 1 aromatic carbocycles. The first-order chi connectivity index (χ1) is 8.81. The molecule has 0 amide bonds. The molecule has 1 heterocycles. The summed E-state index contributed by atoms with van der Waals surface area (Å²) >= 11 is 0. The Labute approximate surface area is 108 Å². The van der Waals surface area contributed by atoms with Crippen molar-refractivity contribution in [3.8, 4) is 5.69 Å². The molecule has 0 saturated heterocycles. The summed E-state index contributed by atoms with van der Waals surface area (Å²) in [5.41, 5.74) is 2.23. The van der Waals surface area contributed by atoms with Crippen molar-refractivity contribution in [2.75, 3.05) is 6.54 Å². The summed E-state index contributed by atoms with van der Waals surface area (Å²) in [6, 6.07) is 10.7. The number of benzene rings is 1. The fourth-order valence-corrected chi connectivity index (χ4v) is 2.03. The average Bonchev–Trinajstić information content (AvgIpc) is 2.86. The quantitative estimate of drug-likeness (QED) is 0.847. The van der Waals surface area contributed by atoms with Crippen LogP contribution in [0.3, 0.4) is 0 Å². The number of aryl methyl sites for hydroxylation is 1. The zero-order valence-corrected chi connectivity index (χ0v) is 11.0. The fourth-order valence-electron chi connectivity index (χ4n) is 2.03. The SMILES string of the molecule is CCNC(C)CCc1cnnn1-c1ccccc1. The highest BCUT2D eigenvalue weighted by Crippen LogP contribution is 2.11. The van der Waals surface area contributed by atoms with Crippen molar-refractivity contribution in [2.24, 2.45) is 0 Å². The Morgan fingerprint density at radius 1 is 1.28 bits per heavy atom. The van der Waals surface area contributed by atoms with Crippen molar-refractivity contribution < 1.29 is 0 Å². The third-order valence-electron chi connectivity index (χ3n) is 3.01. The summed E-state index contributed by atoms with van der Waals surface area (Å²) in [6.45, 7) is 5.35. The molecular weight excluding hydrogens is 224 g/mol. The number of hydrogen-bond acceptors (Lipinski definition) is 3. The van der Waals surface area contributed by atoms with E-state index in [-0.39, 0.29) is 0 Å². The fraction of sp³-hybridized carbons (Fsp3) is 0.429. The van der Waals surface area contributed by atoms with Crippen LogP contribution in [0.5, 0.6) is 0 Å². The zero-order chi connectivity index (χ0) is 12.8. The molecule has 96 valence electrons. The second-order valence-electron chi connectivity index (χ2n) is 4.47. The Balaban J connectivity index is 2.05. The average molecular weight is 244 g/mol. The molecule has 0 aliphatic rings. The minimum atomic E-state index is 0.522. The lowest BCUT2D eigenvalue weighted by molar-refractivity contribution is 0.524. The Hall–Kier alpha value is -1.68. The molecule has 0 fully saturated rings. The van der Waals surface area contributed by atoms with E-state index in [1.807, 2.05) is 41.2 Å². The highest BCUT2D eigenvalue weighted by molar-refractivity contribution is 5.31. The van der Waals surface area contributed by atoms with E-state index < -0.39 is 0 Å². The second-order valence-corrected chi connectivity index (χ2v) is 4.47. The summed E-state index contributed by atoms with van der Waals surface area (Å²) in [4.78, 5) is 0. The van der Waals surface area contributed by atoms with Crippen molar-refractivity contribution in [3.63, 3.8) is 0 Å². The molecule has 0 aliphatic carbocycles. The number of nitrogens with one attached hydrogen (secondary N) is 1. The van der Waals surface area contributed by atoms with E-state index >= 15 is 0 Å². The Morgan fingerprint density at radius 3 is 2.78 bits per heavy atom. The topological polar surface area (TPSA) is 42.7 Å². The normalized spacial score (nSPS) is 12.6. The molecule has 0 radical (unpaired) electrons. The maximum Gasteiger partial charge on any atom is 0.0729 e. The highest BCUT2D eigenvalue weighted by atomic mass is 15.4. The number of para-hydroxylation sites is 1. The first kappa shape index (κ1) is 12.8. The van der Waals surface area contributed by atoms with Crippen LogP contribution in [0.1, 0.15) is 26.0 Å². The summed E-state index contributed by atoms with van der Waals surface area (Å²) in [6.07, 6.45) is 3.93. The van der Waals surface area contributed by atoms with Gasteiger partial charge in [-0.15, -0.1) is 5.10 Å². The van der Waals surface area contributed by atoms with E-state index in [0.717, 1.165) is 30.8 Å². The molecule has 1 atom stereocenters. The molecule has 18 heavy (non-hydrogen) atoms. The summed E-state index contributed by atoms with van der Waals surface area (Å²) in [5.74, 6) is 0. The first-order valence-electron chi connectivity index (χ1n) is 6.49. The highest BCUT2D eigenvalue weighted by Gasteiger charge is 2.07. The van der Waals surface area contributed by atoms with Gasteiger partial charge in [0.15, 0.2) is 0 Å². The van der Waals surface area contributed by atoms with Gasteiger partial charge in [-0.2, -0.15) is 0 Å². The van der Waals surface area contributed by atoms with Crippen LogP contribution < -0.4 is 5.32 Å². The van der Waals surface area contributed by atoms with Gasteiger partial charge in [-0.25, -0.2) is 4.68 Å². The minimum Gasteiger partial charge on any atom is -0.315 e. The molecule has 2 aromatic rings. The molecule has 2 rings (SSSR count). The molecular formula is C14H20N4. The second kappa shape index (κ2) is 6.31. The first-order valence-corrected chi connectivity index (χ1v) is 6.49. The van der Waals surface area contributed by atoms with E-state index in [0.29, 0.717) is 6.04 Å². The predicted molar refractivity (Wildman–Crippen MR) is 72.8 cm³/mol. The van der Waals surface area contributed by atoms with E-state index in [9.17, 15) is 0 Å². The van der Waals surface area contributed by atoms with Crippen LogP contribution in [0.25, 0.3) is 5.69 Å². The van der Waals surface area contributed by atoms with Gasteiger partial charge in [0.1, 0.15) is 0 Å². The van der Waals surface area contributed by atoms with Crippen molar-refractivity contribution in [1.29, 1.82) is 0 Å². The standard InChI is InChI=1S/C14H20N4/c1-3-15-12(2)9-10-14-11-16-17-18(14)13-7-5-4-6-8-13/h4-8,11-12,15H,3,9-10H2,1-2H3. The largest absolute Gasteiger partial charge is 0.315 e. The number of rotatable bonds is 6. The summed E-state index contributed by atoms with van der Waals surface area (Å²) in [7, 11) is 0. The zero-order valence-electron chi connectivity index (χ0n) is 11.0. The minimum absolute atomic E-state index is 0.522. The molecule has 4 nitrogen and oxygen atoms in total. The van der Waals surface area contributed by atoms with Gasteiger partial charge >= 0.3 is 0 Å². The van der Waals surface area contributed by atoms with Gasteiger partial charge in [-0.3, -0.25) is 0 Å². The Morgan fingerprint density at radius 2 is 2.06 bits per heavy atom. The monoisotopic (exact) mass is 244 g/mol. The van der Waals surface area contributed by atoms with Crippen LogP contribution in [0.4, 0.5) is 0 Å². The molecule has 0 spiro atoms. The lowest BCUT2D eigenvalue weighted by Crippen LogP contribution is -2.26. The lowest BCUT2D eigenvalue weighted by atomic mass is 10.1. The van der Waals surface area contributed by atoms with Crippen molar-refractivity contribution >= 4 is 0 Å². The molecule has 1 N–H and O–H groups in total. The van der Waals surface area contributed by atoms with Crippen LogP contribution in [0, 0.1) is 0 Å². The molecule has 1 unspecified atom stereocenters. The molecule has 4 heteroatoms. The van der Waals surface area contributed by atoms with Gasteiger partial charge in [0, 0.05) is 6.04 Å². The Kier molecular flexibility index (Phi) is 4.47. The molecule has 0 bridgehead atoms. The van der Waals surface area contributed by atoms with Crippen LogP contribution >= 0.6 is 0 Å². The molecule has 1 aromatic heterocycles. The van der Waals surface area contributed by atoms with Crippen LogP contribution in [0.2, 0.25) is 0 Å². The van der Waals surface area contributed by atoms with Gasteiger partial charge in [0.2, 0.25) is 0 Å². The smallest absolute Gasteiger partial charge is 0.0729 e. The van der Waals surface area contributed by atoms with Gasteiger partial charge in [-0.05, 0) is 38.4 Å². The van der Waals surface area contributed by atoms with Crippen LogP contribution in [0.15, 0.2) is 36.5 Å². The van der Waals surface area contributed by atoms with E-state index in [1.165, 1.54) is 0 Å². The molecule has 0 aliphatic heterocycles. The van der Waals surface area contributed by atoms with Gasteiger partial charge in [-0.1, -0.05) is 30.3 Å². The van der Waals surface area contributed by atoms with Crippen LogP contribution in [-0.2, 0) is 6.42 Å². The van der Waals surface area contributed by atoms with Crippen molar-refractivity contribution in [1.82, 2.24) is 20.3 Å². The number of nitrogens with zero attached hydrogens (tertiary/aromatic N) is 3. The maximum absolute atomic E-state index is 4.16. The number of hydrogen-bond donors (Lipinski definition) is 1. The number of aromatic nitrogens is 3. The van der Waals surface area contributed by atoms with E-state index in [2.05, 4.69) is 29.5 Å². The van der Waals surface area contributed by atoms with Gasteiger partial charge < -0.3 is 5.32 Å². The molecule has 0 saturated carbocycles. The predicted octanol–water partition coefficient (Wildman–Crippen LogP) is 2.20. The third-order valence-corrected chi connectivity index (χ3v) is 3.01. The van der Waals surface area contributed by atoms with Gasteiger partial charge in [0.25, 0.3) is 0 Å². The van der Waals surface area contributed by atoms with Crippen molar-refractivity contribution in [3.05, 3.63) is 42.2 Å². The van der Waals surface area contributed by atoms with E-state index in [1.54, 1.807) is 0 Å². The van der Waals surface area contributed by atoms with E-state index in [4.69, 9.17) is 0 Å². The van der Waals surface area contributed by atoms with Gasteiger partial charge in [0.05, 0.1) is 17.6 Å². The third kappa shape index (κ3) is 3.17. The van der Waals surface area contributed by atoms with Crippen LogP contribution in [-0.4, -0.2) is 27.6 Å². The lowest BCUT2D eigenvalue weighted by Gasteiger charge is -2.12. The summed E-state index contributed by atoms with van der Waals surface area (Å²) in [5, 5.41) is 11.6. The van der Waals surface area contributed by atoms with Crippen molar-refractivity contribution in [2.45, 2.75) is 32.7 Å². The Bertz CT molecular complexity index is 464. The maximum atomic E-state index is 4.16.